The molecule has 0 aliphatic rings. The molecule has 0 aliphatic heterocycles. The van der Waals surface area contributed by atoms with Gasteiger partial charge in [0.05, 0.1) is 12.8 Å². The lowest BCUT2D eigenvalue weighted by atomic mass is 10.5. The molecule has 0 unspecified atom stereocenters. The molecular formula is C4H3NO3. The van der Waals surface area contributed by atoms with E-state index in [9.17, 15) is 4.79 Å². The van der Waals surface area contributed by atoms with Crippen molar-refractivity contribution in [2.24, 2.45) is 0 Å². The minimum absolute atomic E-state index is 0.259. The zero-order chi connectivity index (χ0) is 6.57. The van der Waals surface area contributed by atoms with Crippen molar-refractivity contribution in [2.45, 2.75) is 0 Å². The molecule has 0 fully saturated rings. The highest BCUT2D eigenvalue weighted by Crippen LogP contribution is 1.91. The van der Waals surface area contributed by atoms with E-state index >= 15 is 0 Å². The van der Waals surface area contributed by atoms with Gasteiger partial charge in [0.1, 0.15) is 0 Å². The highest BCUT2D eigenvalue weighted by atomic mass is 16.4. The Hall–Kier alpha value is -1.50. The van der Waals surface area contributed by atoms with E-state index < -0.39 is 11.7 Å². The molecule has 0 spiro atoms. The molecule has 0 aliphatic carbocycles. The second kappa shape index (κ2) is 2.64. The molecule has 0 radical (unpaired) electrons. The average Bonchev–Trinajstić information content (AvgIpc) is 1.69. The van der Waals surface area contributed by atoms with Crippen molar-refractivity contribution in [1.29, 1.82) is 0 Å². The summed E-state index contributed by atoms with van der Waals surface area (Å²) in [4.78, 5) is 12.2. The van der Waals surface area contributed by atoms with Crippen molar-refractivity contribution in [3.63, 3.8) is 0 Å². The highest BCUT2D eigenvalue weighted by molar-refractivity contribution is 5.88. The number of aliphatic hydroxyl groups is 1. The summed E-state index contributed by atoms with van der Waals surface area (Å²) in [6.07, 6.45) is 0.259. The van der Waals surface area contributed by atoms with E-state index in [1.165, 1.54) is 0 Å². The molecular weight excluding hydrogens is 110 g/mol. The second-order valence-electron chi connectivity index (χ2n) is 0.931. The standard InChI is InChI=1S/C4H3NO3/c1-5-3(2-6)4(7)8/h2,6H,(H,7,8)/b3-2+. The Balaban J connectivity index is 4.20. The highest BCUT2D eigenvalue weighted by Gasteiger charge is 2.03. The number of aliphatic hydroxyl groups excluding tert-OH is 1. The summed E-state index contributed by atoms with van der Waals surface area (Å²) < 4.78 is 0. The molecule has 0 aromatic rings. The van der Waals surface area contributed by atoms with Gasteiger partial charge in [-0.2, -0.15) is 0 Å². The van der Waals surface area contributed by atoms with E-state index in [4.69, 9.17) is 16.8 Å². The van der Waals surface area contributed by atoms with Crippen molar-refractivity contribution in [3.8, 4) is 0 Å². The predicted octanol–water partition coefficient (Wildman–Crippen LogP) is 0.390. The average molecular weight is 113 g/mol. The molecule has 8 heavy (non-hydrogen) atoms. The molecule has 0 aromatic heterocycles. The summed E-state index contributed by atoms with van der Waals surface area (Å²) in [5.74, 6) is -1.41. The lowest BCUT2D eigenvalue weighted by molar-refractivity contribution is -0.132. The number of carbonyl (C=O) groups is 1. The van der Waals surface area contributed by atoms with Gasteiger partial charge in [0, 0.05) is 0 Å². The van der Waals surface area contributed by atoms with Crippen LogP contribution in [0, 0.1) is 6.57 Å². The quantitative estimate of drug-likeness (QED) is 0.293. The summed E-state index contributed by atoms with van der Waals surface area (Å²) >= 11 is 0. The summed E-state index contributed by atoms with van der Waals surface area (Å²) in [6, 6.07) is 0. The van der Waals surface area contributed by atoms with E-state index in [1.54, 1.807) is 0 Å². The number of aliphatic carboxylic acids is 1. The van der Waals surface area contributed by atoms with Crippen LogP contribution in [0.1, 0.15) is 0 Å². The number of carboxylic acids is 1. The topological polar surface area (TPSA) is 61.9 Å². The molecule has 0 bridgehead atoms. The van der Waals surface area contributed by atoms with Gasteiger partial charge < -0.3 is 10.2 Å². The van der Waals surface area contributed by atoms with Gasteiger partial charge in [0.15, 0.2) is 0 Å². The predicted molar refractivity (Wildman–Crippen MR) is 24.9 cm³/mol. The lowest BCUT2D eigenvalue weighted by Gasteiger charge is -1.80. The molecule has 0 saturated heterocycles. The number of hydrogen-bond donors (Lipinski definition) is 2. The fourth-order valence-corrected chi connectivity index (χ4v) is 0.132. The van der Waals surface area contributed by atoms with E-state index in [-0.39, 0.29) is 6.26 Å². The SMILES string of the molecule is [C-]#[N+]/C(=C/O)C(=O)O. The van der Waals surface area contributed by atoms with E-state index in [0.717, 1.165) is 0 Å². The maximum Gasteiger partial charge on any atom is 0.337 e. The minimum Gasteiger partial charge on any atom is -0.526 e. The van der Waals surface area contributed by atoms with Crippen LogP contribution in [0.5, 0.6) is 0 Å². The number of carboxylic acid groups (broad SMARTS) is 1. The minimum atomic E-state index is -1.41. The van der Waals surface area contributed by atoms with Crippen LogP contribution in [0.4, 0.5) is 0 Å². The first-order valence-electron chi connectivity index (χ1n) is 1.67. The Morgan fingerprint density at radius 2 is 2.25 bits per heavy atom. The molecule has 0 heterocycles. The fraction of sp³-hybridized carbons (Fsp3) is 0. The van der Waals surface area contributed by atoms with Gasteiger partial charge >= 0.3 is 11.7 Å². The fourth-order valence-electron chi connectivity index (χ4n) is 0.132. The zero-order valence-electron chi connectivity index (χ0n) is 3.83. The van der Waals surface area contributed by atoms with Gasteiger partial charge in [-0.15, -0.1) is 0 Å². The van der Waals surface area contributed by atoms with Crippen LogP contribution in [0.2, 0.25) is 0 Å². The van der Waals surface area contributed by atoms with Crippen molar-refractivity contribution in [1.82, 2.24) is 0 Å². The first kappa shape index (κ1) is 6.50. The second-order valence-corrected chi connectivity index (χ2v) is 0.931. The number of hydrogen-bond acceptors (Lipinski definition) is 2. The normalized spacial score (nSPS) is 10.1. The van der Waals surface area contributed by atoms with Crippen molar-refractivity contribution >= 4 is 5.97 Å². The van der Waals surface area contributed by atoms with Gasteiger partial charge in [-0.05, 0) is 0 Å². The molecule has 0 saturated carbocycles. The van der Waals surface area contributed by atoms with E-state index in [0.29, 0.717) is 0 Å². The van der Waals surface area contributed by atoms with E-state index in [1.807, 2.05) is 0 Å². The lowest BCUT2D eigenvalue weighted by Crippen LogP contribution is -1.94. The third kappa shape index (κ3) is 1.30. The van der Waals surface area contributed by atoms with Crippen molar-refractivity contribution in [3.05, 3.63) is 23.4 Å². The third-order valence-electron chi connectivity index (χ3n) is 0.462. The smallest absolute Gasteiger partial charge is 0.337 e. The van der Waals surface area contributed by atoms with Crippen LogP contribution in [-0.4, -0.2) is 16.2 Å². The maximum absolute atomic E-state index is 9.72. The molecule has 0 rings (SSSR count). The van der Waals surface area contributed by atoms with Crippen LogP contribution in [0.3, 0.4) is 0 Å². The third-order valence-corrected chi connectivity index (χ3v) is 0.462. The number of nitrogens with zero attached hydrogens (tertiary/aromatic N) is 1. The molecule has 0 aromatic carbocycles. The van der Waals surface area contributed by atoms with Gasteiger partial charge in [0.2, 0.25) is 0 Å². The molecule has 2 N–H and O–H groups in total. The Bertz CT molecular complexity index is 165. The zero-order valence-corrected chi connectivity index (χ0v) is 3.83. The Morgan fingerprint density at radius 3 is 2.25 bits per heavy atom. The van der Waals surface area contributed by atoms with Crippen LogP contribution in [-0.2, 0) is 4.79 Å². The summed E-state index contributed by atoms with van der Waals surface area (Å²) in [5, 5.41) is 15.9. The molecule has 42 valence electrons. The summed E-state index contributed by atoms with van der Waals surface area (Å²) in [7, 11) is 0. The van der Waals surface area contributed by atoms with Gasteiger partial charge in [0.25, 0.3) is 0 Å². The molecule has 0 amide bonds. The van der Waals surface area contributed by atoms with Crippen LogP contribution in [0.25, 0.3) is 4.85 Å². The largest absolute Gasteiger partial charge is 0.526 e. The molecule has 0 atom stereocenters. The first-order valence-corrected chi connectivity index (χ1v) is 1.67. The van der Waals surface area contributed by atoms with Crippen LogP contribution >= 0.6 is 0 Å². The molecule has 4 heteroatoms. The van der Waals surface area contributed by atoms with E-state index in [2.05, 4.69) is 4.85 Å². The van der Waals surface area contributed by atoms with Crippen molar-refractivity contribution < 1.29 is 15.0 Å². The van der Waals surface area contributed by atoms with Gasteiger partial charge in [-0.1, -0.05) is 0 Å². The molecule has 4 nitrogen and oxygen atoms in total. The van der Waals surface area contributed by atoms with Crippen molar-refractivity contribution in [2.75, 3.05) is 0 Å². The summed E-state index contributed by atoms with van der Waals surface area (Å²) in [5.41, 5.74) is -0.676. The Morgan fingerprint density at radius 1 is 1.75 bits per heavy atom. The maximum atomic E-state index is 9.72. The van der Waals surface area contributed by atoms with Gasteiger partial charge in [-0.25, -0.2) is 4.85 Å². The Labute approximate surface area is 45.5 Å². The first-order chi connectivity index (χ1) is 3.72. The Kier molecular flexibility index (Phi) is 2.14. The number of rotatable bonds is 1. The van der Waals surface area contributed by atoms with Crippen LogP contribution in [0.15, 0.2) is 12.0 Å². The van der Waals surface area contributed by atoms with Gasteiger partial charge in [-0.3, -0.25) is 4.79 Å². The van der Waals surface area contributed by atoms with Crippen LogP contribution < -0.4 is 0 Å². The monoisotopic (exact) mass is 113 g/mol. The summed E-state index contributed by atoms with van der Waals surface area (Å²) in [6.45, 7) is 6.11.